The van der Waals surface area contributed by atoms with Crippen molar-refractivity contribution >= 4 is 5.97 Å². The second kappa shape index (κ2) is 3.12. The molecule has 0 aliphatic heterocycles. The van der Waals surface area contributed by atoms with Gasteiger partial charge in [0.25, 0.3) is 0 Å². The van der Waals surface area contributed by atoms with E-state index in [0.717, 1.165) is 18.4 Å². The number of esters is 1. The normalized spacial score (nSPS) is 24.4. The first-order chi connectivity index (χ1) is 6.68. The minimum atomic E-state index is -0.425. The van der Waals surface area contributed by atoms with E-state index in [0.29, 0.717) is 0 Å². The van der Waals surface area contributed by atoms with Crippen molar-refractivity contribution in [2.45, 2.75) is 25.2 Å². The fourth-order valence-corrected chi connectivity index (χ4v) is 2.23. The van der Waals surface area contributed by atoms with Gasteiger partial charge < -0.3 is 4.74 Å². The molecule has 0 bridgehead atoms. The quantitative estimate of drug-likeness (QED) is 0.634. The summed E-state index contributed by atoms with van der Waals surface area (Å²) in [7, 11) is 1.45. The van der Waals surface area contributed by atoms with Crippen molar-refractivity contribution in [3.8, 4) is 0 Å². The summed E-state index contributed by atoms with van der Waals surface area (Å²) in [5, 5.41) is 0. The van der Waals surface area contributed by atoms with E-state index in [2.05, 4.69) is 6.07 Å². The molecule has 0 amide bonds. The average molecular weight is 190 g/mol. The van der Waals surface area contributed by atoms with Crippen LogP contribution in [0.25, 0.3) is 0 Å². The number of carbonyl (C=O) groups excluding carboxylic acids is 1. The zero-order chi connectivity index (χ0) is 10.2. The summed E-state index contributed by atoms with van der Waals surface area (Å²) >= 11 is 0. The van der Waals surface area contributed by atoms with Gasteiger partial charge in [0.15, 0.2) is 0 Å². The molecule has 2 nitrogen and oxygen atoms in total. The first-order valence-corrected chi connectivity index (χ1v) is 4.85. The maximum atomic E-state index is 11.7. The third-order valence-corrected chi connectivity index (χ3v) is 3.14. The van der Waals surface area contributed by atoms with Gasteiger partial charge in [0.1, 0.15) is 0 Å². The van der Waals surface area contributed by atoms with E-state index < -0.39 is 5.41 Å². The average Bonchev–Trinajstić information content (AvgIpc) is 2.58. The third kappa shape index (κ3) is 1.14. The summed E-state index contributed by atoms with van der Waals surface area (Å²) in [4.78, 5) is 11.7. The molecule has 1 aromatic carbocycles. The van der Waals surface area contributed by atoms with Gasteiger partial charge in [-0.05, 0) is 30.9 Å². The van der Waals surface area contributed by atoms with Gasteiger partial charge in [0.05, 0.1) is 12.5 Å². The Balaban J connectivity index is 2.47. The van der Waals surface area contributed by atoms with Crippen LogP contribution >= 0.6 is 0 Å². The van der Waals surface area contributed by atoms with Gasteiger partial charge in [-0.15, -0.1) is 0 Å². The molecule has 0 radical (unpaired) electrons. The molecule has 0 aromatic heterocycles. The third-order valence-electron chi connectivity index (χ3n) is 3.14. The second-order valence-electron chi connectivity index (χ2n) is 3.98. The number of hydrogen-bond donors (Lipinski definition) is 0. The molecule has 1 aliphatic rings. The van der Waals surface area contributed by atoms with Gasteiger partial charge in [-0.1, -0.05) is 24.3 Å². The van der Waals surface area contributed by atoms with Gasteiger partial charge in [-0.2, -0.15) is 0 Å². The Morgan fingerprint density at radius 2 is 2.14 bits per heavy atom. The topological polar surface area (TPSA) is 26.3 Å². The lowest BCUT2D eigenvalue weighted by molar-refractivity contribution is -0.146. The Hall–Kier alpha value is -1.31. The molecule has 74 valence electrons. The number of rotatable bonds is 1. The van der Waals surface area contributed by atoms with Crippen LogP contribution in [0.1, 0.15) is 24.5 Å². The fraction of sp³-hybridized carbons (Fsp3) is 0.417. The van der Waals surface area contributed by atoms with E-state index in [9.17, 15) is 4.79 Å². The van der Waals surface area contributed by atoms with Gasteiger partial charge >= 0.3 is 5.97 Å². The van der Waals surface area contributed by atoms with Gasteiger partial charge in [-0.3, -0.25) is 4.79 Å². The molecule has 0 fully saturated rings. The van der Waals surface area contributed by atoms with E-state index in [4.69, 9.17) is 4.74 Å². The zero-order valence-corrected chi connectivity index (χ0v) is 8.54. The molecule has 0 unspecified atom stereocenters. The van der Waals surface area contributed by atoms with Crippen LogP contribution in [0.3, 0.4) is 0 Å². The summed E-state index contributed by atoms with van der Waals surface area (Å²) in [5.74, 6) is -0.123. The summed E-state index contributed by atoms with van der Waals surface area (Å²) in [6, 6.07) is 8.11. The van der Waals surface area contributed by atoms with E-state index in [-0.39, 0.29) is 5.97 Å². The van der Waals surface area contributed by atoms with Crippen LogP contribution in [0.15, 0.2) is 24.3 Å². The number of fused-ring (bicyclic) bond motifs is 1. The molecule has 2 rings (SSSR count). The van der Waals surface area contributed by atoms with Crippen molar-refractivity contribution in [3.63, 3.8) is 0 Å². The molecular weight excluding hydrogens is 176 g/mol. The predicted octanol–water partition coefficient (Wildman–Crippen LogP) is 2.06. The molecule has 0 N–H and O–H groups in total. The summed E-state index contributed by atoms with van der Waals surface area (Å²) < 4.78 is 4.86. The highest BCUT2D eigenvalue weighted by Gasteiger charge is 2.41. The van der Waals surface area contributed by atoms with E-state index in [1.807, 2.05) is 25.1 Å². The number of aryl methyl sites for hydroxylation is 1. The highest BCUT2D eigenvalue weighted by Crippen LogP contribution is 2.39. The van der Waals surface area contributed by atoms with Crippen molar-refractivity contribution in [1.82, 2.24) is 0 Å². The van der Waals surface area contributed by atoms with Crippen molar-refractivity contribution in [3.05, 3.63) is 35.4 Å². The molecule has 1 aromatic rings. The highest BCUT2D eigenvalue weighted by atomic mass is 16.5. The molecule has 0 spiro atoms. The first kappa shape index (κ1) is 9.25. The Bertz CT molecular complexity index is 370. The molecule has 14 heavy (non-hydrogen) atoms. The second-order valence-corrected chi connectivity index (χ2v) is 3.98. The van der Waals surface area contributed by atoms with E-state index >= 15 is 0 Å². The standard InChI is InChI=1S/C12H14O2/c1-12(11(13)14-2)8-7-9-5-3-4-6-10(9)12/h3-6H,7-8H2,1-2H3/t12-/m1/s1. The molecule has 0 heterocycles. The Morgan fingerprint density at radius 3 is 2.86 bits per heavy atom. The zero-order valence-electron chi connectivity index (χ0n) is 8.54. The lowest BCUT2D eigenvalue weighted by Crippen LogP contribution is -2.31. The molecule has 0 saturated carbocycles. The molecular formula is C12H14O2. The fourth-order valence-electron chi connectivity index (χ4n) is 2.23. The maximum Gasteiger partial charge on any atom is 0.316 e. The SMILES string of the molecule is COC(=O)[C@]1(C)CCc2ccccc21. The summed E-state index contributed by atoms with van der Waals surface area (Å²) in [6.07, 6.45) is 1.83. The van der Waals surface area contributed by atoms with Crippen molar-refractivity contribution in [2.24, 2.45) is 0 Å². The number of benzene rings is 1. The molecule has 0 saturated heterocycles. The van der Waals surface area contributed by atoms with Gasteiger partial charge in [0, 0.05) is 0 Å². The lowest BCUT2D eigenvalue weighted by atomic mass is 9.84. The summed E-state index contributed by atoms with van der Waals surface area (Å²) in [6.45, 7) is 1.96. The van der Waals surface area contributed by atoms with Gasteiger partial charge in [0.2, 0.25) is 0 Å². The van der Waals surface area contributed by atoms with Crippen molar-refractivity contribution in [1.29, 1.82) is 0 Å². The number of carbonyl (C=O) groups is 1. The van der Waals surface area contributed by atoms with E-state index in [1.54, 1.807) is 0 Å². The Kier molecular flexibility index (Phi) is 2.06. The van der Waals surface area contributed by atoms with Crippen molar-refractivity contribution < 1.29 is 9.53 Å². The van der Waals surface area contributed by atoms with E-state index in [1.165, 1.54) is 12.7 Å². The Morgan fingerprint density at radius 1 is 1.43 bits per heavy atom. The highest BCUT2D eigenvalue weighted by molar-refractivity contribution is 5.84. The largest absolute Gasteiger partial charge is 0.468 e. The number of ether oxygens (including phenoxy) is 1. The minimum absolute atomic E-state index is 0.123. The van der Waals surface area contributed by atoms with Crippen LogP contribution in [0.5, 0.6) is 0 Å². The van der Waals surface area contributed by atoms with Crippen LogP contribution in [-0.4, -0.2) is 13.1 Å². The number of hydrogen-bond acceptors (Lipinski definition) is 2. The van der Waals surface area contributed by atoms with Crippen LogP contribution in [-0.2, 0) is 21.4 Å². The molecule has 2 heteroatoms. The minimum Gasteiger partial charge on any atom is -0.468 e. The maximum absolute atomic E-state index is 11.7. The smallest absolute Gasteiger partial charge is 0.316 e. The molecule has 1 atom stereocenters. The van der Waals surface area contributed by atoms with Crippen LogP contribution in [0.2, 0.25) is 0 Å². The lowest BCUT2D eigenvalue weighted by Gasteiger charge is -2.21. The van der Waals surface area contributed by atoms with Gasteiger partial charge in [-0.25, -0.2) is 0 Å². The monoisotopic (exact) mass is 190 g/mol. The molecule has 1 aliphatic carbocycles. The Labute approximate surface area is 83.9 Å². The first-order valence-electron chi connectivity index (χ1n) is 4.85. The van der Waals surface area contributed by atoms with Crippen molar-refractivity contribution in [2.75, 3.05) is 7.11 Å². The van der Waals surface area contributed by atoms with Crippen LogP contribution in [0, 0.1) is 0 Å². The van der Waals surface area contributed by atoms with Crippen LogP contribution in [0.4, 0.5) is 0 Å². The summed E-state index contributed by atoms with van der Waals surface area (Å²) in [5.41, 5.74) is 1.98. The van der Waals surface area contributed by atoms with Crippen LogP contribution < -0.4 is 0 Å². The number of methoxy groups -OCH3 is 1. The predicted molar refractivity (Wildman–Crippen MR) is 54.1 cm³/mol.